The first kappa shape index (κ1) is 16.0. The molecule has 0 aliphatic heterocycles. The van der Waals surface area contributed by atoms with Crippen LogP contribution >= 0.6 is 0 Å². The molecule has 0 spiro atoms. The van der Waals surface area contributed by atoms with Crippen LogP contribution in [0.15, 0.2) is 30.3 Å². The van der Waals surface area contributed by atoms with Gasteiger partial charge in [-0.25, -0.2) is 4.79 Å². The number of carbonyl (C=O) groups excluding carboxylic acids is 2. The molecule has 0 radical (unpaired) electrons. The van der Waals surface area contributed by atoms with Crippen molar-refractivity contribution in [2.24, 2.45) is 5.73 Å². The fourth-order valence-corrected chi connectivity index (χ4v) is 1.80. The lowest BCUT2D eigenvalue weighted by atomic mass is 10.1. The Balaban J connectivity index is 2.59. The lowest BCUT2D eigenvalue weighted by Crippen LogP contribution is -2.42. The average molecular weight is 279 g/mol. The van der Waals surface area contributed by atoms with Crippen LogP contribution in [0.2, 0.25) is 0 Å². The maximum Gasteiger partial charge on any atom is 0.313 e. The second-order valence-corrected chi connectivity index (χ2v) is 4.63. The van der Waals surface area contributed by atoms with Gasteiger partial charge in [-0.2, -0.15) is 0 Å². The van der Waals surface area contributed by atoms with Gasteiger partial charge in [-0.05, 0) is 25.3 Å². The molecule has 6 heteroatoms. The van der Waals surface area contributed by atoms with Crippen molar-refractivity contribution in [3.05, 3.63) is 35.9 Å². The Morgan fingerprint density at radius 2 is 1.95 bits per heavy atom. The molecule has 1 aromatic carbocycles. The Morgan fingerprint density at radius 1 is 1.30 bits per heavy atom. The Labute approximate surface area is 118 Å². The topological polar surface area (TPSA) is 104 Å². The molecule has 0 fully saturated rings. The van der Waals surface area contributed by atoms with Crippen LogP contribution in [0, 0.1) is 0 Å². The summed E-state index contributed by atoms with van der Waals surface area (Å²) in [6.07, 6.45) is 0.890. The van der Waals surface area contributed by atoms with Crippen LogP contribution in [0.1, 0.15) is 31.4 Å². The van der Waals surface area contributed by atoms with E-state index in [4.69, 9.17) is 10.8 Å². The van der Waals surface area contributed by atoms with Crippen molar-refractivity contribution in [1.29, 1.82) is 0 Å². The van der Waals surface area contributed by atoms with E-state index in [1.165, 1.54) is 0 Å². The van der Waals surface area contributed by atoms with E-state index in [9.17, 15) is 9.59 Å². The normalized spacial score (nSPS) is 13.3. The minimum absolute atomic E-state index is 0.319. The van der Waals surface area contributed by atoms with Gasteiger partial charge in [-0.15, -0.1) is 0 Å². The summed E-state index contributed by atoms with van der Waals surface area (Å²) in [4.78, 5) is 23.1. The predicted octanol–water partition coefficient (Wildman–Crippen LogP) is 0.673. The molecule has 2 atom stereocenters. The molecule has 0 saturated carbocycles. The number of nitrogens with two attached hydrogens (primary N) is 1. The first-order valence-electron chi connectivity index (χ1n) is 6.57. The third-order valence-electron chi connectivity index (χ3n) is 2.78. The van der Waals surface area contributed by atoms with Crippen molar-refractivity contribution in [1.82, 2.24) is 10.6 Å². The summed E-state index contributed by atoms with van der Waals surface area (Å²) >= 11 is 0. The zero-order chi connectivity index (χ0) is 15.0. The van der Waals surface area contributed by atoms with Crippen LogP contribution in [0.4, 0.5) is 4.79 Å². The van der Waals surface area contributed by atoms with E-state index in [0.717, 1.165) is 0 Å². The van der Waals surface area contributed by atoms with Gasteiger partial charge >= 0.3 is 6.03 Å². The van der Waals surface area contributed by atoms with Crippen molar-refractivity contribution >= 4 is 11.9 Å². The van der Waals surface area contributed by atoms with E-state index in [0.29, 0.717) is 24.9 Å². The standard InChI is InChI=1S/C14H21N3O3/c1-10(18)6-5-9-16-13(19)12(17-14(15)20)11-7-3-2-4-8-11/h2-4,7-8,10,12,18H,5-6,9H2,1H3,(H,16,19)(H3,15,17,20). The average Bonchev–Trinajstić information content (AvgIpc) is 2.41. The van der Waals surface area contributed by atoms with Crippen LogP contribution in [-0.2, 0) is 4.79 Å². The molecule has 0 aliphatic rings. The highest BCUT2D eigenvalue weighted by molar-refractivity contribution is 5.87. The van der Waals surface area contributed by atoms with Crippen molar-refractivity contribution in [2.75, 3.05) is 6.54 Å². The largest absolute Gasteiger partial charge is 0.393 e. The van der Waals surface area contributed by atoms with Gasteiger partial charge in [-0.1, -0.05) is 30.3 Å². The van der Waals surface area contributed by atoms with E-state index in [1.54, 1.807) is 31.2 Å². The van der Waals surface area contributed by atoms with Gasteiger partial charge in [0.2, 0.25) is 5.91 Å². The first-order chi connectivity index (χ1) is 9.50. The van der Waals surface area contributed by atoms with E-state index < -0.39 is 12.1 Å². The van der Waals surface area contributed by atoms with Crippen molar-refractivity contribution in [2.45, 2.75) is 31.9 Å². The summed E-state index contributed by atoms with van der Waals surface area (Å²) in [7, 11) is 0. The van der Waals surface area contributed by atoms with Crippen molar-refractivity contribution in [3.8, 4) is 0 Å². The summed E-state index contributed by atoms with van der Waals surface area (Å²) < 4.78 is 0. The molecule has 1 aromatic rings. The monoisotopic (exact) mass is 279 g/mol. The number of carbonyl (C=O) groups is 2. The van der Waals surface area contributed by atoms with Gasteiger partial charge in [0.25, 0.3) is 0 Å². The summed E-state index contributed by atoms with van der Waals surface area (Å²) in [6.45, 7) is 2.14. The Bertz CT molecular complexity index is 435. The van der Waals surface area contributed by atoms with Gasteiger partial charge in [0.1, 0.15) is 6.04 Å². The number of benzene rings is 1. The minimum atomic E-state index is -0.805. The fraction of sp³-hybridized carbons (Fsp3) is 0.429. The number of amides is 3. The summed E-state index contributed by atoms with van der Waals surface area (Å²) in [5.74, 6) is -0.319. The van der Waals surface area contributed by atoms with Crippen LogP contribution in [-0.4, -0.2) is 29.7 Å². The molecule has 6 nitrogen and oxygen atoms in total. The predicted molar refractivity (Wildman–Crippen MR) is 75.8 cm³/mol. The number of aliphatic hydroxyl groups is 1. The molecule has 3 amide bonds. The van der Waals surface area contributed by atoms with Crippen LogP contribution in [0.5, 0.6) is 0 Å². The van der Waals surface area contributed by atoms with E-state index in [1.807, 2.05) is 6.07 Å². The summed E-state index contributed by atoms with van der Waals surface area (Å²) in [5, 5.41) is 14.3. The van der Waals surface area contributed by atoms with Gasteiger partial charge in [0, 0.05) is 6.54 Å². The quantitative estimate of drug-likeness (QED) is 0.551. The van der Waals surface area contributed by atoms with Gasteiger partial charge in [0.15, 0.2) is 0 Å². The maximum absolute atomic E-state index is 12.1. The number of hydrogen-bond acceptors (Lipinski definition) is 3. The van der Waals surface area contributed by atoms with Gasteiger partial charge < -0.3 is 21.5 Å². The number of hydrogen-bond donors (Lipinski definition) is 4. The molecule has 20 heavy (non-hydrogen) atoms. The summed E-state index contributed by atoms with van der Waals surface area (Å²) in [5.41, 5.74) is 5.77. The van der Waals surface area contributed by atoms with Crippen LogP contribution < -0.4 is 16.4 Å². The van der Waals surface area contributed by atoms with E-state index in [2.05, 4.69) is 10.6 Å². The molecule has 0 aromatic heterocycles. The number of urea groups is 1. The molecule has 0 saturated heterocycles. The third-order valence-corrected chi connectivity index (χ3v) is 2.78. The zero-order valence-electron chi connectivity index (χ0n) is 11.5. The van der Waals surface area contributed by atoms with Gasteiger partial charge in [-0.3, -0.25) is 4.79 Å². The number of primary amides is 1. The lowest BCUT2D eigenvalue weighted by molar-refractivity contribution is -0.123. The highest BCUT2D eigenvalue weighted by atomic mass is 16.3. The molecular formula is C14H21N3O3. The van der Waals surface area contributed by atoms with Crippen molar-refractivity contribution in [3.63, 3.8) is 0 Å². The molecule has 1 rings (SSSR count). The SMILES string of the molecule is CC(O)CCCNC(=O)C(NC(N)=O)c1ccccc1. The zero-order valence-corrected chi connectivity index (χ0v) is 11.5. The van der Waals surface area contributed by atoms with E-state index in [-0.39, 0.29) is 12.0 Å². The molecule has 5 N–H and O–H groups in total. The molecule has 110 valence electrons. The molecule has 2 unspecified atom stereocenters. The number of aliphatic hydroxyl groups excluding tert-OH is 1. The smallest absolute Gasteiger partial charge is 0.313 e. The van der Waals surface area contributed by atoms with Crippen LogP contribution in [0.25, 0.3) is 0 Å². The fourth-order valence-electron chi connectivity index (χ4n) is 1.80. The summed E-state index contributed by atoms with van der Waals surface area (Å²) in [6, 6.07) is 7.33. The van der Waals surface area contributed by atoms with Crippen LogP contribution in [0.3, 0.4) is 0 Å². The Morgan fingerprint density at radius 3 is 2.50 bits per heavy atom. The maximum atomic E-state index is 12.1. The molecule has 0 aliphatic carbocycles. The third kappa shape index (κ3) is 5.71. The first-order valence-corrected chi connectivity index (χ1v) is 6.57. The highest BCUT2D eigenvalue weighted by Gasteiger charge is 2.21. The minimum Gasteiger partial charge on any atom is -0.393 e. The number of nitrogens with one attached hydrogen (secondary N) is 2. The second kappa shape index (κ2) is 8.16. The Kier molecular flexibility index (Phi) is 6.52. The lowest BCUT2D eigenvalue weighted by Gasteiger charge is -2.17. The molecular weight excluding hydrogens is 258 g/mol. The van der Waals surface area contributed by atoms with Crippen molar-refractivity contribution < 1.29 is 14.7 Å². The molecule has 0 heterocycles. The van der Waals surface area contributed by atoms with Gasteiger partial charge in [0.05, 0.1) is 6.10 Å². The molecule has 0 bridgehead atoms. The number of rotatable bonds is 7. The van der Waals surface area contributed by atoms with E-state index >= 15 is 0 Å². The Hall–Kier alpha value is -2.08. The highest BCUT2D eigenvalue weighted by Crippen LogP contribution is 2.12. The second-order valence-electron chi connectivity index (χ2n) is 4.63.